The second-order valence-corrected chi connectivity index (χ2v) is 3.44. The Morgan fingerprint density at radius 3 is 2.46 bits per heavy atom. The molecule has 68 valence electrons. The zero-order valence-corrected chi connectivity index (χ0v) is 8.47. The molecule has 1 nitrogen and oxygen atoms in total. The smallest absolute Gasteiger partial charge is 0.0314 e. The Hall–Kier alpha value is -1.15. The van der Waals surface area contributed by atoms with Crippen LogP contribution in [0.1, 0.15) is 5.56 Å². The van der Waals surface area contributed by atoms with E-state index in [1.165, 1.54) is 10.5 Å². The van der Waals surface area contributed by atoms with Gasteiger partial charge in [-0.25, -0.2) is 0 Å². The number of nitrogens with two attached hydrogens (primary N) is 1. The summed E-state index contributed by atoms with van der Waals surface area (Å²) < 4.78 is 0. The zero-order chi connectivity index (χ0) is 9.68. The molecule has 0 heterocycles. The molecule has 0 aliphatic rings. The molecule has 0 aliphatic heterocycles. The predicted octanol–water partition coefficient (Wildman–Crippen LogP) is 3.16. The van der Waals surface area contributed by atoms with Gasteiger partial charge < -0.3 is 5.73 Å². The normalized spacial score (nSPS) is 11.3. The highest BCUT2D eigenvalue weighted by molar-refractivity contribution is 8.07. The minimum Gasteiger partial charge on any atom is -0.399 e. The highest BCUT2D eigenvalue weighted by Crippen LogP contribution is 2.25. The van der Waals surface area contributed by atoms with Crippen LogP contribution in [0.25, 0.3) is 4.91 Å². The summed E-state index contributed by atoms with van der Waals surface area (Å²) in [6.07, 6.45) is 5.84. The van der Waals surface area contributed by atoms with Gasteiger partial charge in [0.1, 0.15) is 0 Å². The minimum atomic E-state index is 0.794. The van der Waals surface area contributed by atoms with E-state index in [1.54, 1.807) is 17.8 Å². The van der Waals surface area contributed by atoms with Crippen molar-refractivity contribution in [1.82, 2.24) is 0 Å². The summed E-state index contributed by atoms with van der Waals surface area (Å²) in [6, 6.07) is 7.84. The van der Waals surface area contributed by atoms with Crippen LogP contribution < -0.4 is 5.73 Å². The fourth-order valence-corrected chi connectivity index (χ4v) is 1.64. The van der Waals surface area contributed by atoms with Crippen molar-refractivity contribution < 1.29 is 0 Å². The molecule has 0 spiro atoms. The Morgan fingerprint density at radius 1 is 1.38 bits per heavy atom. The summed E-state index contributed by atoms with van der Waals surface area (Å²) in [5, 5.41) is 0. The highest BCUT2D eigenvalue weighted by atomic mass is 32.2. The Labute approximate surface area is 83.3 Å². The van der Waals surface area contributed by atoms with Gasteiger partial charge in [-0.3, -0.25) is 0 Å². The number of rotatable bonds is 3. The van der Waals surface area contributed by atoms with Gasteiger partial charge in [0.15, 0.2) is 0 Å². The maximum Gasteiger partial charge on any atom is 0.0314 e. The number of thioether (sulfide) groups is 1. The van der Waals surface area contributed by atoms with Crippen LogP contribution >= 0.6 is 11.8 Å². The lowest BCUT2D eigenvalue weighted by molar-refractivity contribution is 1.64. The molecule has 2 N–H and O–H groups in total. The monoisotopic (exact) mass is 191 g/mol. The fraction of sp³-hybridized carbons (Fsp3) is 0.0909. The lowest BCUT2D eigenvalue weighted by Gasteiger charge is -2.03. The molecule has 1 rings (SSSR count). The third-order valence-electron chi connectivity index (χ3n) is 1.68. The van der Waals surface area contributed by atoms with Gasteiger partial charge in [-0.15, -0.1) is 11.8 Å². The summed E-state index contributed by atoms with van der Waals surface area (Å²) >= 11 is 1.70. The molecule has 0 bridgehead atoms. The van der Waals surface area contributed by atoms with E-state index in [0.29, 0.717) is 0 Å². The summed E-state index contributed by atoms with van der Waals surface area (Å²) in [4.78, 5) is 1.20. The number of hydrogen-bond donors (Lipinski definition) is 1. The summed E-state index contributed by atoms with van der Waals surface area (Å²) in [5.41, 5.74) is 7.57. The first-order valence-corrected chi connectivity index (χ1v) is 5.23. The second-order valence-electron chi connectivity index (χ2n) is 2.59. The number of anilines is 1. The van der Waals surface area contributed by atoms with Crippen molar-refractivity contribution in [2.24, 2.45) is 0 Å². The number of hydrogen-bond acceptors (Lipinski definition) is 2. The molecule has 1 aromatic rings. The summed E-state index contributed by atoms with van der Waals surface area (Å²) in [6.45, 7) is 3.68. The molecule has 0 atom stereocenters. The van der Waals surface area contributed by atoms with Crippen LogP contribution in [0.2, 0.25) is 0 Å². The van der Waals surface area contributed by atoms with E-state index < -0.39 is 0 Å². The molecule has 0 fully saturated rings. The SMILES string of the molecule is C=C/C=C(\SC)c1ccc(N)cc1. The van der Waals surface area contributed by atoms with Gasteiger partial charge in [0, 0.05) is 10.6 Å². The molecule has 0 saturated heterocycles. The third-order valence-corrected chi connectivity index (χ3v) is 2.50. The Kier molecular flexibility index (Phi) is 3.65. The Morgan fingerprint density at radius 2 is 2.00 bits per heavy atom. The van der Waals surface area contributed by atoms with Crippen LogP contribution in [0.5, 0.6) is 0 Å². The van der Waals surface area contributed by atoms with E-state index in [9.17, 15) is 0 Å². The van der Waals surface area contributed by atoms with Gasteiger partial charge in [-0.1, -0.05) is 24.8 Å². The zero-order valence-electron chi connectivity index (χ0n) is 7.66. The minimum absolute atomic E-state index is 0.794. The molecular formula is C11H13NS. The Balaban J connectivity index is 2.99. The molecule has 0 saturated carbocycles. The molecule has 0 aromatic heterocycles. The first-order chi connectivity index (χ1) is 6.27. The highest BCUT2D eigenvalue weighted by Gasteiger charge is 1.97. The molecule has 13 heavy (non-hydrogen) atoms. The van der Waals surface area contributed by atoms with Gasteiger partial charge in [-0.2, -0.15) is 0 Å². The van der Waals surface area contributed by atoms with Gasteiger partial charge in [0.05, 0.1) is 0 Å². The molecule has 1 aromatic carbocycles. The van der Waals surface area contributed by atoms with Gasteiger partial charge in [0.25, 0.3) is 0 Å². The topological polar surface area (TPSA) is 26.0 Å². The van der Waals surface area contributed by atoms with Crippen molar-refractivity contribution >= 4 is 22.4 Å². The number of benzene rings is 1. The molecule has 0 amide bonds. The summed E-state index contributed by atoms with van der Waals surface area (Å²) in [7, 11) is 0. The van der Waals surface area contributed by atoms with E-state index in [2.05, 4.69) is 6.58 Å². The van der Waals surface area contributed by atoms with Crippen molar-refractivity contribution in [3.05, 3.63) is 48.6 Å². The van der Waals surface area contributed by atoms with Crippen LogP contribution in [-0.4, -0.2) is 6.26 Å². The van der Waals surface area contributed by atoms with Gasteiger partial charge >= 0.3 is 0 Å². The third kappa shape index (κ3) is 2.67. The second kappa shape index (κ2) is 4.77. The lowest BCUT2D eigenvalue weighted by Crippen LogP contribution is -1.84. The quantitative estimate of drug-likeness (QED) is 0.586. The summed E-state index contributed by atoms with van der Waals surface area (Å²) in [5.74, 6) is 0. The van der Waals surface area contributed by atoms with Crippen molar-refractivity contribution in [3.8, 4) is 0 Å². The standard InChI is InChI=1S/C11H13NS/c1-3-4-11(13-2)9-5-7-10(12)8-6-9/h3-8H,1,12H2,2H3/b11-4-. The first kappa shape index (κ1) is 9.93. The Bertz CT molecular complexity index is 311. The van der Waals surface area contributed by atoms with Crippen LogP contribution in [0.3, 0.4) is 0 Å². The molecule has 2 heteroatoms. The van der Waals surface area contributed by atoms with E-state index in [0.717, 1.165) is 5.69 Å². The predicted molar refractivity (Wildman–Crippen MR) is 62.5 cm³/mol. The van der Waals surface area contributed by atoms with E-state index in [4.69, 9.17) is 5.73 Å². The largest absolute Gasteiger partial charge is 0.399 e. The van der Waals surface area contributed by atoms with E-state index in [1.807, 2.05) is 36.6 Å². The molecular weight excluding hydrogens is 178 g/mol. The molecule has 0 aliphatic carbocycles. The lowest BCUT2D eigenvalue weighted by atomic mass is 10.2. The molecule has 0 unspecified atom stereocenters. The van der Waals surface area contributed by atoms with Crippen molar-refractivity contribution in [2.45, 2.75) is 0 Å². The number of allylic oxidation sites excluding steroid dienone is 2. The average Bonchev–Trinajstić information content (AvgIpc) is 2.16. The first-order valence-electron chi connectivity index (χ1n) is 4.00. The van der Waals surface area contributed by atoms with Gasteiger partial charge in [-0.05, 0) is 30.0 Å². The van der Waals surface area contributed by atoms with E-state index in [-0.39, 0.29) is 0 Å². The average molecular weight is 191 g/mol. The van der Waals surface area contributed by atoms with Gasteiger partial charge in [0.2, 0.25) is 0 Å². The fourth-order valence-electron chi connectivity index (χ4n) is 1.04. The van der Waals surface area contributed by atoms with Crippen LogP contribution in [-0.2, 0) is 0 Å². The van der Waals surface area contributed by atoms with Crippen LogP contribution in [0.4, 0.5) is 5.69 Å². The van der Waals surface area contributed by atoms with Crippen LogP contribution in [0.15, 0.2) is 43.0 Å². The maximum absolute atomic E-state index is 5.60. The van der Waals surface area contributed by atoms with Crippen molar-refractivity contribution in [1.29, 1.82) is 0 Å². The van der Waals surface area contributed by atoms with Crippen molar-refractivity contribution in [2.75, 3.05) is 12.0 Å². The maximum atomic E-state index is 5.60. The van der Waals surface area contributed by atoms with E-state index >= 15 is 0 Å². The van der Waals surface area contributed by atoms with Crippen LogP contribution in [0, 0.1) is 0 Å². The van der Waals surface area contributed by atoms with Crippen molar-refractivity contribution in [3.63, 3.8) is 0 Å². The molecule has 0 radical (unpaired) electrons. The number of nitrogen functional groups attached to an aromatic ring is 1.